The predicted molar refractivity (Wildman–Crippen MR) is 120 cm³/mol. The molecule has 4 rings (SSSR count). The van der Waals surface area contributed by atoms with Crippen molar-refractivity contribution in [2.75, 3.05) is 37.9 Å². The third-order valence-electron chi connectivity index (χ3n) is 5.90. The number of carbonyl (C=O) groups excluding carboxylic acids is 1. The number of fused-ring (bicyclic) bond motifs is 1. The normalized spacial score (nSPS) is 18.7. The molecule has 1 fully saturated rings. The highest BCUT2D eigenvalue weighted by molar-refractivity contribution is 7.92. The number of hydrogen-bond acceptors (Lipinski definition) is 5. The predicted octanol–water partition coefficient (Wildman–Crippen LogP) is 2.98. The standard InChI is InChI=1S/C23H29N3O4S/c1-23(2)11-10-18-16-20(8-9-21(18)30-23)31(28,29)24-19-6-4-17(5-7-19)22(27)26-14-12-25(3)13-15-26/h4-9,16,24H,10-15H2,1-3H3. The van der Waals surface area contributed by atoms with E-state index in [0.29, 0.717) is 24.3 Å². The van der Waals surface area contributed by atoms with Crippen molar-refractivity contribution in [2.24, 2.45) is 0 Å². The van der Waals surface area contributed by atoms with Gasteiger partial charge in [-0.3, -0.25) is 9.52 Å². The number of carbonyl (C=O) groups is 1. The first-order valence-electron chi connectivity index (χ1n) is 10.6. The summed E-state index contributed by atoms with van der Waals surface area (Å²) in [5.41, 5.74) is 1.64. The Morgan fingerprint density at radius 2 is 1.71 bits per heavy atom. The lowest BCUT2D eigenvalue weighted by atomic mass is 9.94. The summed E-state index contributed by atoms with van der Waals surface area (Å²) in [6.07, 6.45) is 1.61. The van der Waals surface area contributed by atoms with Gasteiger partial charge in [0.05, 0.1) is 4.90 Å². The number of rotatable bonds is 4. The van der Waals surface area contributed by atoms with Crippen LogP contribution in [0, 0.1) is 0 Å². The van der Waals surface area contributed by atoms with Crippen LogP contribution in [0.5, 0.6) is 5.75 Å². The Bertz CT molecular complexity index is 1070. The molecule has 7 nitrogen and oxygen atoms in total. The maximum atomic E-state index is 12.9. The van der Waals surface area contributed by atoms with Gasteiger partial charge in [-0.25, -0.2) is 8.42 Å². The molecule has 0 spiro atoms. The molecule has 2 aromatic rings. The molecule has 166 valence electrons. The fourth-order valence-corrected chi connectivity index (χ4v) is 5.00. The number of nitrogens with zero attached hydrogens (tertiary/aromatic N) is 2. The maximum absolute atomic E-state index is 12.9. The average Bonchev–Trinajstić information content (AvgIpc) is 2.73. The van der Waals surface area contributed by atoms with Crippen LogP contribution in [0.1, 0.15) is 36.2 Å². The summed E-state index contributed by atoms with van der Waals surface area (Å²) < 4.78 is 34.3. The quantitative estimate of drug-likeness (QED) is 0.786. The van der Waals surface area contributed by atoms with Crippen LogP contribution in [0.15, 0.2) is 47.4 Å². The highest BCUT2D eigenvalue weighted by Gasteiger charge is 2.28. The molecule has 31 heavy (non-hydrogen) atoms. The second kappa shape index (κ2) is 8.16. The summed E-state index contributed by atoms with van der Waals surface area (Å²) in [7, 11) is -1.70. The van der Waals surface area contributed by atoms with E-state index in [9.17, 15) is 13.2 Å². The van der Waals surface area contributed by atoms with Crippen molar-refractivity contribution >= 4 is 21.6 Å². The van der Waals surface area contributed by atoms with Crippen molar-refractivity contribution in [3.8, 4) is 5.75 Å². The first-order valence-corrected chi connectivity index (χ1v) is 12.0. The Morgan fingerprint density at radius 3 is 2.39 bits per heavy atom. The molecule has 0 aromatic heterocycles. The van der Waals surface area contributed by atoms with Crippen molar-refractivity contribution in [2.45, 2.75) is 37.2 Å². The number of likely N-dealkylation sites (N-methyl/N-ethyl adjacent to an activating group) is 1. The Labute approximate surface area is 184 Å². The molecule has 2 aromatic carbocycles. The minimum Gasteiger partial charge on any atom is -0.488 e. The van der Waals surface area contributed by atoms with Gasteiger partial charge >= 0.3 is 0 Å². The van der Waals surface area contributed by atoms with Gasteiger partial charge in [0.2, 0.25) is 0 Å². The van der Waals surface area contributed by atoms with E-state index in [0.717, 1.165) is 37.2 Å². The second-order valence-corrected chi connectivity index (χ2v) is 10.6. The Hall–Kier alpha value is -2.58. The number of nitrogens with one attached hydrogen (secondary N) is 1. The van der Waals surface area contributed by atoms with E-state index in [-0.39, 0.29) is 16.4 Å². The molecule has 1 saturated heterocycles. The van der Waals surface area contributed by atoms with Gasteiger partial charge in [-0.05, 0) is 81.8 Å². The molecular formula is C23H29N3O4S. The van der Waals surface area contributed by atoms with Crippen molar-refractivity contribution in [1.82, 2.24) is 9.80 Å². The van der Waals surface area contributed by atoms with Crippen LogP contribution in [0.2, 0.25) is 0 Å². The Kier molecular flexibility index (Phi) is 5.70. The second-order valence-electron chi connectivity index (χ2n) is 8.91. The molecule has 0 aliphatic carbocycles. The Balaban J connectivity index is 1.46. The van der Waals surface area contributed by atoms with E-state index >= 15 is 0 Å². The van der Waals surface area contributed by atoms with E-state index in [1.165, 1.54) is 0 Å². The fraction of sp³-hybridized carbons (Fsp3) is 0.435. The first kappa shape index (κ1) is 21.6. The summed E-state index contributed by atoms with van der Waals surface area (Å²) in [6, 6.07) is 11.6. The van der Waals surface area contributed by atoms with Crippen molar-refractivity contribution < 1.29 is 17.9 Å². The zero-order chi connectivity index (χ0) is 22.2. The summed E-state index contributed by atoms with van der Waals surface area (Å²) in [5, 5.41) is 0. The summed E-state index contributed by atoms with van der Waals surface area (Å²) in [6.45, 7) is 7.16. The van der Waals surface area contributed by atoms with Gasteiger partial charge in [-0.2, -0.15) is 0 Å². The van der Waals surface area contributed by atoms with Crippen LogP contribution >= 0.6 is 0 Å². The number of hydrogen-bond donors (Lipinski definition) is 1. The molecule has 0 unspecified atom stereocenters. The molecule has 1 N–H and O–H groups in total. The summed E-state index contributed by atoms with van der Waals surface area (Å²) in [4.78, 5) is 16.9. The smallest absolute Gasteiger partial charge is 0.261 e. The fourth-order valence-electron chi connectivity index (χ4n) is 3.89. The third-order valence-corrected chi connectivity index (χ3v) is 7.28. The van der Waals surface area contributed by atoms with Gasteiger partial charge in [0.25, 0.3) is 15.9 Å². The van der Waals surface area contributed by atoms with Crippen molar-refractivity contribution in [3.05, 3.63) is 53.6 Å². The molecule has 2 heterocycles. The molecule has 0 saturated carbocycles. The number of ether oxygens (including phenoxy) is 1. The molecule has 2 aliphatic heterocycles. The van der Waals surface area contributed by atoms with Gasteiger partial charge < -0.3 is 14.5 Å². The number of benzene rings is 2. The van der Waals surface area contributed by atoms with Gasteiger partial charge in [0.15, 0.2) is 0 Å². The number of piperazine rings is 1. The molecule has 1 amide bonds. The van der Waals surface area contributed by atoms with Gasteiger partial charge in [-0.15, -0.1) is 0 Å². The average molecular weight is 444 g/mol. The number of anilines is 1. The molecule has 8 heteroatoms. The lowest BCUT2D eigenvalue weighted by molar-refractivity contribution is 0.0664. The van der Waals surface area contributed by atoms with Crippen LogP contribution in [-0.2, 0) is 16.4 Å². The van der Waals surface area contributed by atoms with Gasteiger partial charge in [-0.1, -0.05) is 0 Å². The molecule has 0 radical (unpaired) electrons. The largest absolute Gasteiger partial charge is 0.488 e. The van der Waals surface area contributed by atoms with Crippen molar-refractivity contribution in [3.63, 3.8) is 0 Å². The zero-order valence-corrected chi connectivity index (χ0v) is 19.0. The van der Waals surface area contributed by atoms with E-state index < -0.39 is 10.0 Å². The molecule has 0 atom stereocenters. The minimum absolute atomic E-state index is 0.0277. The Morgan fingerprint density at radius 1 is 1.03 bits per heavy atom. The van der Waals surface area contributed by atoms with Crippen LogP contribution in [-0.4, -0.2) is 63.0 Å². The summed E-state index contributed by atoms with van der Waals surface area (Å²) in [5.74, 6) is 0.710. The highest BCUT2D eigenvalue weighted by Crippen LogP contribution is 2.34. The van der Waals surface area contributed by atoms with E-state index in [4.69, 9.17) is 4.74 Å². The maximum Gasteiger partial charge on any atom is 0.261 e. The molecule has 0 bridgehead atoms. The molecule has 2 aliphatic rings. The zero-order valence-electron chi connectivity index (χ0n) is 18.2. The number of sulfonamides is 1. The van der Waals surface area contributed by atoms with Gasteiger partial charge in [0, 0.05) is 37.4 Å². The van der Waals surface area contributed by atoms with Crippen molar-refractivity contribution in [1.29, 1.82) is 0 Å². The van der Waals surface area contributed by atoms with Gasteiger partial charge in [0.1, 0.15) is 11.4 Å². The van der Waals surface area contributed by atoms with Crippen LogP contribution < -0.4 is 9.46 Å². The highest BCUT2D eigenvalue weighted by atomic mass is 32.2. The SMILES string of the molecule is CN1CCN(C(=O)c2ccc(NS(=O)(=O)c3ccc4c(c3)CCC(C)(C)O4)cc2)CC1. The number of aryl methyl sites for hydroxylation is 1. The monoisotopic (exact) mass is 443 g/mol. The topological polar surface area (TPSA) is 79.0 Å². The third kappa shape index (κ3) is 4.85. The summed E-state index contributed by atoms with van der Waals surface area (Å²) >= 11 is 0. The van der Waals surface area contributed by atoms with E-state index in [1.54, 1.807) is 42.5 Å². The first-order chi connectivity index (χ1) is 14.6. The van der Waals surface area contributed by atoms with E-state index in [1.807, 2.05) is 25.8 Å². The van der Waals surface area contributed by atoms with Crippen LogP contribution in [0.25, 0.3) is 0 Å². The lowest BCUT2D eigenvalue weighted by Gasteiger charge is -2.32. The minimum atomic E-state index is -3.74. The van der Waals surface area contributed by atoms with Crippen LogP contribution in [0.3, 0.4) is 0 Å². The molecular weight excluding hydrogens is 414 g/mol. The van der Waals surface area contributed by atoms with Crippen LogP contribution in [0.4, 0.5) is 5.69 Å². The number of amides is 1. The van der Waals surface area contributed by atoms with E-state index in [2.05, 4.69) is 9.62 Å². The lowest BCUT2D eigenvalue weighted by Crippen LogP contribution is -2.47.